The number of hydrogen-bond acceptors (Lipinski definition) is 4. The Balaban J connectivity index is 2.99. The van der Waals surface area contributed by atoms with Gasteiger partial charge < -0.3 is 5.73 Å². The molecule has 4 nitrogen and oxygen atoms in total. The van der Waals surface area contributed by atoms with Crippen LogP contribution in [-0.2, 0) is 5.41 Å². The van der Waals surface area contributed by atoms with E-state index in [1.807, 2.05) is 0 Å². The summed E-state index contributed by atoms with van der Waals surface area (Å²) in [6, 6.07) is 0. The molecule has 4 heteroatoms. The lowest BCUT2D eigenvalue weighted by atomic mass is 9.93. The minimum Gasteiger partial charge on any atom is -0.366 e. The minimum absolute atomic E-state index is 0.00625. The zero-order chi connectivity index (χ0) is 8.48. The van der Waals surface area contributed by atoms with Gasteiger partial charge in [0.1, 0.15) is 0 Å². The number of nitrogens with zero attached hydrogens (tertiary/aromatic N) is 3. The summed E-state index contributed by atoms with van der Waals surface area (Å²) in [5, 5.41) is 7.57. The van der Waals surface area contributed by atoms with Gasteiger partial charge in [-0.15, -0.1) is 10.2 Å². The third-order valence-electron chi connectivity index (χ3n) is 1.35. The Morgan fingerprint density at radius 1 is 1.27 bits per heavy atom. The molecule has 0 aromatic carbocycles. The van der Waals surface area contributed by atoms with E-state index < -0.39 is 0 Å². The molecule has 0 spiro atoms. The van der Waals surface area contributed by atoms with Gasteiger partial charge in [-0.3, -0.25) is 0 Å². The molecule has 0 unspecified atom stereocenters. The maximum atomic E-state index is 5.29. The number of nitrogens with two attached hydrogens (primary N) is 1. The van der Waals surface area contributed by atoms with Crippen molar-refractivity contribution in [2.24, 2.45) is 0 Å². The van der Waals surface area contributed by atoms with Crippen molar-refractivity contribution < 1.29 is 0 Å². The van der Waals surface area contributed by atoms with Crippen LogP contribution in [0.15, 0.2) is 6.20 Å². The van der Waals surface area contributed by atoms with E-state index in [-0.39, 0.29) is 11.4 Å². The van der Waals surface area contributed by atoms with Crippen molar-refractivity contribution in [3.05, 3.63) is 11.9 Å². The van der Waals surface area contributed by atoms with Crippen molar-refractivity contribution in [3.8, 4) is 0 Å². The second-order valence-electron chi connectivity index (χ2n) is 3.45. The van der Waals surface area contributed by atoms with Gasteiger partial charge in [0.25, 0.3) is 0 Å². The molecule has 0 saturated heterocycles. The van der Waals surface area contributed by atoms with E-state index in [1.165, 1.54) is 0 Å². The number of hydrogen-bond donors (Lipinski definition) is 1. The SMILES string of the molecule is CC(C)(C)c1cnc(N)nn1. The average Bonchev–Trinajstić information content (AvgIpc) is 1.86. The highest BCUT2D eigenvalue weighted by Crippen LogP contribution is 2.17. The van der Waals surface area contributed by atoms with Crippen LogP contribution in [0.2, 0.25) is 0 Å². The van der Waals surface area contributed by atoms with Crippen LogP contribution in [0.1, 0.15) is 26.5 Å². The molecule has 1 rings (SSSR count). The van der Waals surface area contributed by atoms with Crippen LogP contribution in [0.4, 0.5) is 5.95 Å². The molecular weight excluding hydrogens is 140 g/mol. The molecule has 0 atom stereocenters. The van der Waals surface area contributed by atoms with Crippen LogP contribution in [-0.4, -0.2) is 15.2 Å². The highest BCUT2D eigenvalue weighted by Gasteiger charge is 2.15. The third-order valence-corrected chi connectivity index (χ3v) is 1.35. The largest absolute Gasteiger partial charge is 0.366 e. The van der Waals surface area contributed by atoms with Gasteiger partial charge in [-0.1, -0.05) is 20.8 Å². The molecule has 1 heterocycles. The molecule has 0 bridgehead atoms. The van der Waals surface area contributed by atoms with Gasteiger partial charge in [-0.25, -0.2) is 4.98 Å². The molecule has 0 amide bonds. The Morgan fingerprint density at radius 3 is 2.27 bits per heavy atom. The molecule has 1 aromatic rings. The first kappa shape index (κ1) is 7.91. The maximum Gasteiger partial charge on any atom is 0.240 e. The van der Waals surface area contributed by atoms with Gasteiger partial charge in [-0.05, 0) is 0 Å². The molecule has 0 radical (unpaired) electrons. The molecule has 0 aliphatic rings. The summed E-state index contributed by atoms with van der Waals surface area (Å²) in [7, 11) is 0. The molecule has 0 saturated carbocycles. The number of rotatable bonds is 0. The summed E-state index contributed by atoms with van der Waals surface area (Å²) in [5.74, 6) is 0.220. The van der Waals surface area contributed by atoms with Gasteiger partial charge in [-0.2, -0.15) is 0 Å². The molecule has 60 valence electrons. The molecule has 0 aliphatic heterocycles. The Kier molecular flexibility index (Phi) is 1.76. The summed E-state index contributed by atoms with van der Waals surface area (Å²) in [4.78, 5) is 3.85. The first-order chi connectivity index (χ1) is 5.00. The Morgan fingerprint density at radius 2 is 1.91 bits per heavy atom. The second-order valence-corrected chi connectivity index (χ2v) is 3.45. The highest BCUT2D eigenvalue weighted by molar-refractivity contribution is 5.15. The molecule has 11 heavy (non-hydrogen) atoms. The van der Waals surface area contributed by atoms with Gasteiger partial charge >= 0.3 is 0 Å². The Bertz CT molecular complexity index is 234. The van der Waals surface area contributed by atoms with Gasteiger partial charge in [0.05, 0.1) is 11.9 Å². The van der Waals surface area contributed by atoms with Crippen molar-refractivity contribution in [3.63, 3.8) is 0 Å². The van der Waals surface area contributed by atoms with Crippen molar-refractivity contribution in [2.75, 3.05) is 5.73 Å². The standard InChI is InChI=1S/C7H12N4/c1-7(2,3)5-4-9-6(8)11-10-5/h4H,1-3H3,(H2,8,9,11). The fourth-order valence-electron chi connectivity index (χ4n) is 0.628. The molecule has 0 fully saturated rings. The summed E-state index contributed by atoms with van der Waals surface area (Å²) in [5.41, 5.74) is 6.13. The number of nitrogen functional groups attached to an aromatic ring is 1. The van der Waals surface area contributed by atoms with E-state index >= 15 is 0 Å². The first-order valence-electron chi connectivity index (χ1n) is 3.46. The average molecular weight is 152 g/mol. The van der Waals surface area contributed by atoms with Crippen LogP contribution < -0.4 is 5.73 Å². The number of anilines is 1. The van der Waals surface area contributed by atoms with Gasteiger partial charge in [0.2, 0.25) is 5.95 Å². The van der Waals surface area contributed by atoms with E-state index in [4.69, 9.17) is 5.73 Å². The molecule has 0 aliphatic carbocycles. The second kappa shape index (κ2) is 2.45. The fourth-order valence-corrected chi connectivity index (χ4v) is 0.628. The predicted octanol–water partition coefficient (Wildman–Crippen LogP) is 0.751. The lowest BCUT2D eigenvalue weighted by Crippen LogP contribution is -2.15. The zero-order valence-electron chi connectivity index (χ0n) is 7.00. The topological polar surface area (TPSA) is 64.7 Å². The van der Waals surface area contributed by atoms with Crippen LogP contribution in [0.25, 0.3) is 0 Å². The summed E-state index contributed by atoms with van der Waals surface area (Å²) >= 11 is 0. The van der Waals surface area contributed by atoms with Crippen LogP contribution in [0.5, 0.6) is 0 Å². The van der Waals surface area contributed by atoms with Crippen molar-refractivity contribution in [2.45, 2.75) is 26.2 Å². The number of aromatic nitrogens is 3. The summed E-state index contributed by atoms with van der Waals surface area (Å²) in [6.45, 7) is 6.15. The third kappa shape index (κ3) is 1.86. The molecule has 1 aromatic heterocycles. The van der Waals surface area contributed by atoms with E-state index in [2.05, 4.69) is 36.0 Å². The van der Waals surface area contributed by atoms with Crippen LogP contribution in [0.3, 0.4) is 0 Å². The van der Waals surface area contributed by atoms with E-state index in [9.17, 15) is 0 Å². The smallest absolute Gasteiger partial charge is 0.240 e. The van der Waals surface area contributed by atoms with E-state index in [1.54, 1.807) is 6.20 Å². The quantitative estimate of drug-likeness (QED) is 0.595. The monoisotopic (exact) mass is 152 g/mol. The van der Waals surface area contributed by atoms with Crippen LogP contribution in [0, 0.1) is 0 Å². The molecule has 2 N–H and O–H groups in total. The first-order valence-corrected chi connectivity index (χ1v) is 3.46. The summed E-state index contributed by atoms with van der Waals surface area (Å²) in [6.07, 6.45) is 1.66. The van der Waals surface area contributed by atoms with E-state index in [0.717, 1.165) is 5.69 Å². The van der Waals surface area contributed by atoms with Crippen molar-refractivity contribution in [1.29, 1.82) is 0 Å². The normalized spacial score (nSPS) is 11.5. The van der Waals surface area contributed by atoms with E-state index in [0.29, 0.717) is 0 Å². The maximum absolute atomic E-state index is 5.29. The van der Waals surface area contributed by atoms with Crippen molar-refractivity contribution >= 4 is 5.95 Å². The Hall–Kier alpha value is -1.19. The van der Waals surface area contributed by atoms with Gasteiger partial charge in [0, 0.05) is 5.41 Å². The zero-order valence-corrected chi connectivity index (χ0v) is 7.00. The lowest BCUT2D eigenvalue weighted by Gasteiger charge is -2.15. The van der Waals surface area contributed by atoms with Crippen LogP contribution >= 0.6 is 0 Å². The molecular formula is C7H12N4. The van der Waals surface area contributed by atoms with Crippen molar-refractivity contribution in [1.82, 2.24) is 15.2 Å². The Labute approximate surface area is 65.9 Å². The summed E-state index contributed by atoms with van der Waals surface area (Å²) < 4.78 is 0. The predicted molar refractivity (Wildman–Crippen MR) is 42.9 cm³/mol. The minimum atomic E-state index is -0.00625. The highest BCUT2D eigenvalue weighted by atomic mass is 15.2. The lowest BCUT2D eigenvalue weighted by molar-refractivity contribution is 0.554. The van der Waals surface area contributed by atoms with Gasteiger partial charge in [0.15, 0.2) is 0 Å². The fraction of sp³-hybridized carbons (Fsp3) is 0.571.